The molecule has 9 aromatic rings. The summed E-state index contributed by atoms with van der Waals surface area (Å²) >= 11 is 0. The molecule has 0 fully saturated rings. The van der Waals surface area contributed by atoms with Gasteiger partial charge in [0.25, 0.3) is 0 Å². The monoisotopic (exact) mass is 635 g/mol. The van der Waals surface area contributed by atoms with Crippen molar-refractivity contribution in [1.29, 1.82) is 0 Å². The molecule has 4 heteroatoms. The molecule has 0 atom stereocenters. The molecule has 0 aliphatic heterocycles. The van der Waals surface area contributed by atoms with E-state index in [0.29, 0.717) is 0 Å². The van der Waals surface area contributed by atoms with Gasteiger partial charge in [-0.05, 0) is 148 Å². The molecule has 0 saturated carbocycles. The van der Waals surface area contributed by atoms with Gasteiger partial charge in [0.15, 0.2) is 0 Å². The zero-order valence-corrected chi connectivity index (χ0v) is 27.5. The fraction of sp³-hybridized carbons (Fsp3) is 0.0667. The average molecular weight is 636 g/mol. The minimum absolute atomic E-state index is 0.856. The molecular weight excluding hydrogens is 602 g/mol. The summed E-state index contributed by atoms with van der Waals surface area (Å²) in [6.07, 6.45) is 0. The fourth-order valence-corrected chi connectivity index (χ4v) is 6.69. The third kappa shape index (κ3) is 5.38. The highest BCUT2D eigenvalue weighted by Gasteiger charge is 2.16. The van der Waals surface area contributed by atoms with E-state index < -0.39 is 0 Å². The van der Waals surface area contributed by atoms with Gasteiger partial charge in [-0.3, -0.25) is 0 Å². The maximum absolute atomic E-state index is 6.21. The van der Waals surface area contributed by atoms with Crippen LogP contribution < -0.4 is 4.90 Å². The Hall–Kier alpha value is -6.26. The first-order valence-electron chi connectivity index (χ1n) is 16.6. The molecule has 0 unspecified atom stereocenters. The number of fused-ring (bicyclic) bond motifs is 3. The van der Waals surface area contributed by atoms with Crippen LogP contribution in [0.5, 0.6) is 0 Å². The van der Waals surface area contributed by atoms with Crippen LogP contribution in [-0.2, 0) is 0 Å². The van der Waals surface area contributed by atoms with Crippen molar-refractivity contribution in [3.63, 3.8) is 0 Å². The van der Waals surface area contributed by atoms with Crippen molar-refractivity contribution in [2.45, 2.75) is 20.8 Å². The lowest BCUT2D eigenvalue weighted by Gasteiger charge is -2.26. The Morgan fingerprint density at radius 2 is 0.612 bits per heavy atom. The predicted molar refractivity (Wildman–Crippen MR) is 201 cm³/mol. The third-order valence-electron chi connectivity index (χ3n) is 9.25. The summed E-state index contributed by atoms with van der Waals surface area (Å²) < 4.78 is 18.6. The number of furan rings is 3. The van der Waals surface area contributed by atoms with E-state index in [9.17, 15) is 0 Å². The van der Waals surface area contributed by atoms with E-state index >= 15 is 0 Å². The van der Waals surface area contributed by atoms with Crippen LogP contribution in [0.25, 0.3) is 66.9 Å². The second-order valence-corrected chi connectivity index (χ2v) is 12.9. The highest BCUT2D eigenvalue weighted by atomic mass is 16.3. The van der Waals surface area contributed by atoms with E-state index in [1.165, 1.54) is 16.7 Å². The first-order chi connectivity index (χ1) is 23.9. The van der Waals surface area contributed by atoms with Crippen LogP contribution in [0, 0.1) is 20.8 Å². The summed E-state index contributed by atoms with van der Waals surface area (Å²) in [5, 5.41) is 3.33. The van der Waals surface area contributed by atoms with Crippen LogP contribution >= 0.6 is 0 Å². The van der Waals surface area contributed by atoms with Gasteiger partial charge >= 0.3 is 0 Å². The van der Waals surface area contributed by atoms with Crippen LogP contribution in [0.2, 0.25) is 0 Å². The molecule has 0 N–H and O–H groups in total. The molecule has 3 heterocycles. The Balaban J connectivity index is 1.08. The maximum Gasteiger partial charge on any atom is 0.135 e. The fourth-order valence-electron chi connectivity index (χ4n) is 6.69. The van der Waals surface area contributed by atoms with Crippen LogP contribution in [-0.4, -0.2) is 0 Å². The molecule has 0 bridgehead atoms. The smallest absolute Gasteiger partial charge is 0.135 e. The molecule has 0 aliphatic carbocycles. The van der Waals surface area contributed by atoms with E-state index in [-0.39, 0.29) is 0 Å². The molecule has 9 rings (SSSR count). The van der Waals surface area contributed by atoms with Gasteiger partial charge in [0.05, 0.1) is 0 Å². The molecule has 0 saturated heterocycles. The minimum Gasteiger partial charge on any atom is -0.456 e. The lowest BCUT2D eigenvalue weighted by molar-refractivity contribution is 0.631. The quantitative estimate of drug-likeness (QED) is 0.182. The van der Waals surface area contributed by atoms with Crippen LogP contribution in [0.15, 0.2) is 159 Å². The van der Waals surface area contributed by atoms with Crippen molar-refractivity contribution in [3.8, 4) is 34.0 Å². The Kier molecular flexibility index (Phi) is 6.77. The largest absolute Gasteiger partial charge is 0.456 e. The Labute approximate surface area is 284 Å². The molecular formula is C45H33NO3. The van der Waals surface area contributed by atoms with Gasteiger partial charge in [-0.2, -0.15) is 0 Å². The van der Waals surface area contributed by atoms with Crippen molar-refractivity contribution >= 4 is 50.0 Å². The second-order valence-electron chi connectivity index (χ2n) is 12.9. The van der Waals surface area contributed by atoms with Gasteiger partial charge < -0.3 is 18.2 Å². The summed E-state index contributed by atoms with van der Waals surface area (Å²) in [5.41, 5.74) is 12.5. The average Bonchev–Trinajstić information content (AvgIpc) is 3.85. The SMILES string of the molecule is Cc1ccc2oc(-c3ccc(N(c4ccc(-c5cc6cc(C)ccc6o5)cc4)c4ccc(-c5cc6cc(C)ccc6o5)cc4)cc3)cc2c1. The molecule has 0 spiro atoms. The molecule has 49 heavy (non-hydrogen) atoms. The van der Waals surface area contributed by atoms with Gasteiger partial charge in [-0.1, -0.05) is 34.9 Å². The summed E-state index contributed by atoms with van der Waals surface area (Å²) in [7, 11) is 0. The Morgan fingerprint density at radius 3 is 0.898 bits per heavy atom. The zero-order chi connectivity index (χ0) is 33.1. The molecule has 3 aromatic heterocycles. The van der Waals surface area contributed by atoms with Gasteiger partial charge in [-0.15, -0.1) is 0 Å². The predicted octanol–water partition coefficient (Wildman–Crippen LogP) is 13.3. The Morgan fingerprint density at radius 1 is 0.327 bits per heavy atom. The topological polar surface area (TPSA) is 42.7 Å². The van der Waals surface area contributed by atoms with Crippen molar-refractivity contribution in [1.82, 2.24) is 0 Å². The summed E-state index contributed by atoms with van der Waals surface area (Å²) in [5.74, 6) is 2.57. The van der Waals surface area contributed by atoms with Crippen molar-refractivity contribution in [3.05, 3.63) is 162 Å². The van der Waals surface area contributed by atoms with Crippen LogP contribution in [0.1, 0.15) is 16.7 Å². The molecule has 236 valence electrons. The number of anilines is 3. The number of rotatable bonds is 6. The van der Waals surface area contributed by atoms with Crippen molar-refractivity contribution < 1.29 is 13.3 Å². The second kappa shape index (κ2) is 11.5. The summed E-state index contributed by atoms with van der Waals surface area (Å²) in [6.45, 7) is 6.30. The lowest BCUT2D eigenvalue weighted by atomic mass is 10.1. The number of nitrogens with zero attached hydrogens (tertiary/aromatic N) is 1. The van der Waals surface area contributed by atoms with E-state index in [4.69, 9.17) is 13.3 Å². The molecule has 6 aromatic carbocycles. The maximum atomic E-state index is 6.21. The van der Waals surface area contributed by atoms with E-state index in [1.54, 1.807) is 0 Å². The first-order valence-corrected chi connectivity index (χ1v) is 16.6. The number of hydrogen-bond acceptors (Lipinski definition) is 4. The minimum atomic E-state index is 0.856. The molecule has 4 nitrogen and oxygen atoms in total. The van der Waals surface area contributed by atoms with Crippen LogP contribution in [0.4, 0.5) is 17.1 Å². The number of benzene rings is 6. The summed E-state index contributed by atoms with van der Waals surface area (Å²) in [6, 6.07) is 50.9. The van der Waals surface area contributed by atoms with Gasteiger partial charge in [0.1, 0.15) is 34.0 Å². The standard InChI is InChI=1S/C45H33NO3/c1-28-4-19-40-34(22-28)25-43(47-40)31-7-13-37(14-8-31)46(38-15-9-32(10-16-38)44-26-35-23-29(2)5-20-41(35)48-44)39-17-11-33(12-18-39)45-27-36-24-30(3)6-21-42(36)49-45/h4-27H,1-3H3. The van der Waals surface area contributed by atoms with E-state index in [1.807, 2.05) is 18.2 Å². The normalized spacial score (nSPS) is 11.6. The number of aryl methyl sites for hydroxylation is 3. The third-order valence-corrected chi connectivity index (χ3v) is 9.25. The van der Waals surface area contributed by atoms with E-state index in [0.717, 1.165) is 83.9 Å². The summed E-state index contributed by atoms with van der Waals surface area (Å²) in [4.78, 5) is 2.27. The molecule has 0 amide bonds. The highest BCUT2D eigenvalue weighted by Crippen LogP contribution is 2.39. The Bertz CT molecular complexity index is 2320. The van der Waals surface area contributed by atoms with Crippen molar-refractivity contribution in [2.24, 2.45) is 0 Å². The van der Waals surface area contributed by atoms with Crippen molar-refractivity contribution in [2.75, 3.05) is 4.90 Å². The highest BCUT2D eigenvalue weighted by molar-refractivity contribution is 5.87. The molecule has 0 aliphatic rings. The van der Waals surface area contributed by atoms with Gasteiger partial charge in [-0.25, -0.2) is 0 Å². The zero-order valence-electron chi connectivity index (χ0n) is 27.5. The van der Waals surface area contributed by atoms with Gasteiger partial charge in [0, 0.05) is 49.9 Å². The van der Waals surface area contributed by atoms with E-state index in [2.05, 4.69) is 153 Å². The first kappa shape index (κ1) is 28.9. The van der Waals surface area contributed by atoms with Gasteiger partial charge in [0.2, 0.25) is 0 Å². The number of hydrogen-bond donors (Lipinski definition) is 0. The lowest BCUT2D eigenvalue weighted by Crippen LogP contribution is -2.09. The molecule has 0 radical (unpaired) electrons. The van der Waals surface area contributed by atoms with Crippen LogP contribution in [0.3, 0.4) is 0 Å².